The summed E-state index contributed by atoms with van der Waals surface area (Å²) in [6.07, 6.45) is 4.40. The minimum atomic E-state index is -2.98. The maximum absolute atomic E-state index is 11.2. The molecule has 0 atom stereocenters. The van der Waals surface area contributed by atoms with E-state index >= 15 is 0 Å². The number of hydrogen-bond acceptors (Lipinski definition) is 2. The molecule has 0 spiro atoms. The Morgan fingerprint density at radius 1 is 1.09 bits per heavy atom. The molecule has 0 amide bonds. The lowest BCUT2D eigenvalue weighted by Gasteiger charge is -2.22. The summed E-state index contributed by atoms with van der Waals surface area (Å²) < 4.78 is 11.2. The molecule has 0 aromatic carbocycles. The van der Waals surface area contributed by atoms with E-state index in [1.807, 2.05) is 13.8 Å². The van der Waals surface area contributed by atoms with Crippen LogP contribution in [0.3, 0.4) is 0 Å². The first-order chi connectivity index (χ1) is 5.12. The van der Waals surface area contributed by atoms with Crippen LogP contribution in [-0.2, 0) is 4.57 Å². The van der Waals surface area contributed by atoms with E-state index in [4.69, 9.17) is 0 Å². The maximum Gasteiger partial charge on any atom is 0.0148 e. The number of hydrogen-bond donors (Lipinski definition) is 0. The van der Waals surface area contributed by atoms with Crippen LogP contribution in [0.15, 0.2) is 0 Å². The Kier molecular flexibility index (Phi) is 5.89. The Bertz CT molecular complexity index is 122. The Balaban J connectivity index is 3.53. The van der Waals surface area contributed by atoms with Crippen LogP contribution in [0, 0.1) is 0 Å². The van der Waals surface area contributed by atoms with Crippen molar-refractivity contribution in [2.75, 3.05) is 12.3 Å². The third-order valence-corrected chi connectivity index (χ3v) is 3.70. The first-order valence-corrected chi connectivity index (χ1v) is 6.41. The minimum absolute atomic E-state index is 0.406. The smallest absolute Gasteiger partial charge is 0.0148 e. The molecule has 0 aromatic rings. The highest BCUT2D eigenvalue weighted by atomic mass is 31.2. The summed E-state index contributed by atoms with van der Waals surface area (Å²) in [5.74, 6) is 0. The molecule has 0 unspecified atom stereocenters. The van der Waals surface area contributed by atoms with Crippen molar-refractivity contribution < 1.29 is 9.46 Å². The van der Waals surface area contributed by atoms with Crippen molar-refractivity contribution in [3.63, 3.8) is 0 Å². The van der Waals surface area contributed by atoms with Gasteiger partial charge in [-0.2, -0.15) is 0 Å². The molecule has 0 saturated carbocycles. The SMILES string of the molecule is CCCCP(=O)([O-])CCCC. The van der Waals surface area contributed by atoms with Crippen LogP contribution in [0.4, 0.5) is 0 Å². The second-order valence-corrected chi connectivity index (χ2v) is 5.49. The van der Waals surface area contributed by atoms with Crippen molar-refractivity contribution in [3.05, 3.63) is 0 Å². The molecular formula is C8H18O2P-. The van der Waals surface area contributed by atoms with Gasteiger partial charge in [0, 0.05) is 7.37 Å². The molecule has 2 nitrogen and oxygen atoms in total. The summed E-state index contributed by atoms with van der Waals surface area (Å²) in [5, 5.41) is 0. The summed E-state index contributed by atoms with van der Waals surface area (Å²) in [4.78, 5) is 11.2. The molecule has 0 radical (unpaired) electrons. The average Bonchev–Trinajstić information content (AvgIpc) is 1.97. The van der Waals surface area contributed by atoms with E-state index in [1.54, 1.807) is 0 Å². The predicted octanol–water partition coefficient (Wildman–Crippen LogP) is 2.22. The zero-order valence-corrected chi connectivity index (χ0v) is 8.40. The van der Waals surface area contributed by atoms with Gasteiger partial charge in [-0.25, -0.2) is 0 Å². The van der Waals surface area contributed by atoms with Crippen LogP contribution in [-0.4, -0.2) is 12.3 Å². The molecule has 68 valence electrons. The molecule has 0 aliphatic carbocycles. The van der Waals surface area contributed by atoms with Gasteiger partial charge in [0.1, 0.15) is 0 Å². The summed E-state index contributed by atoms with van der Waals surface area (Å²) in [6, 6.07) is 0. The summed E-state index contributed by atoms with van der Waals surface area (Å²) in [7, 11) is -2.98. The van der Waals surface area contributed by atoms with Gasteiger partial charge in [-0.05, 0) is 25.2 Å². The van der Waals surface area contributed by atoms with Gasteiger partial charge in [0.2, 0.25) is 0 Å². The highest BCUT2D eigenvalue weighted by molar-refractivity contribution is 7.56. The molecule has 3 heteroatoms. The third-order valence-electron chi connectivity index (χ3n) is 1.70. The van der Waals surface area contributed by atoms with Gasteiger partial charge in [0.25, 0.3) is 0 Å². The van der Waals surface area contributed by atoms with Crippen molar-refractivity contribution in [2.45, 2.75) is 39.5 Å². The standard InChI is InChI=1S/C8H19O2P/c1-3-5-7-11(9,10)8-6-4-2/h3-8H2,1-2H3,(H,9,10)/p-1. The van der Waals surface area contributed by atoms with E-state index in [0.717, 1.165) is 25.7 Å². The van der Waals surface area contributed by atoms with Gasteiger partial charge in [0.05, 0.1) is 0 Å². The second-order valence-electron chi connectivity index (χ2n) is 2.97. The molecule has 0 saturated heterocycles. The second kappa shape index (κ2) is 5.79. The summed E-state index contributed by atoms with van der Waals surface area (Å²) in [6.45, 7) is 4.03. The van der Waals surface area contributed by atoms with Crippen LogP contribution in [0.2, 0.25) is 0 Å². The fourth-order valence-electron chi connectivity index (χ4n) is 0.910. The van der Waals surface area contributed by atoms with Crippen LogP contribution in [0.25, 0.3) is 0 Å². The highest BCUT2D eigenvalue weighted by Crippen LogP contribution is 2.37. The monoisotopic (exact) mass is 177 g/mol. The Morgan fingerprint density at radius 3 is 1.73 bits per heavy atom. The molecule has 0 aromatic heterocycles. The van der Waals surface area contributed by atoms with Crippen LogP contribution in [0.5, 0.6) is 0 Å². The molecule has 0 rings (SSSR count). The summed E-state index contributed by atoms with van der Waals surface area (Å²) in [5.41, 5.74) is 0. The van der Waals surface area contributed by atoms with Gasteiger partial charge in [0.15, 0.2) is 0 Å². The molecule has 0 heterocycles. The van der Waals surface area contributed by atoms with Gasteiger partial charge < -0.3 is 9.46 Å². The first-order valence-electron chi connectivity index (χ1n) is 4.41. The van der Waals surface area contributed by atoms with Crippen molar-refractivity contribution in [2.24, 2.45) is 0 Å². The molecule has 0 fully saturated rings. The topological polar surface area (TPSA) is 40.1 Å². The fraction of sp³-hybridized carbons (Fsp3) is 1.00. The third kappa shape index (κ3) is 6.58. The van der Waals surface area contributed by atoms with Gasteiger partial charge in [-0.1, -0.05) is 26.7 Å². The fourth-order valence-corrected chi connectivity index (χ4v) is 2.73. The zero-order valence-electron chi connectivity index (χ0n) is 7.51. The lowest BCUT2D eigenvalue weighted by Crippen LogP contribution is -2.08. The van der Waals surface area contributed by atoms with Crippen LogP contribution in [0.1, 0.15) is 39.5 Å². The van der Waals surface area contributed by atoms with Crippen molar-refractivity contribution >= 4 is 7.37 Å². The lowest BCUT2D eigenvalue weighted by molar-refractivity contribution is -0.175. The predicted molar refractivity (Wildman–Crippen MR) is 47.2 cm³/mol. The Morgan fingerprint density at radius 2 is 1.45 bits per heavy atom. The van der Waals surface area contributed by atoms with E-state index < -0.39 is 7.37 Å². The molecule has 0 N–H and O–H groups in total. The quantitative estimate of drug-likeness (QED) is 0.583. The van der Waals surface area contributed by atoms with E-state index in [0.29, 0.717) is 12.3 Å². The van der Waals surface area contributed by atoms with Crippen molar-refractivity contribution in [3.8, 4) is 0 Å². The first kappa shape index (κ1) is 11.2. The number of rotatable bonds is 6. The van der Waals surface area contributed by atoms with E-state index in [1.165, 1.54) is 0 Å². The molecule has 0 aliphatic heterocycles. The van der Waals surface area contributed by atoms with Gasteiger partial charge in [-0.3, -0.25) is 0 Å². The Labute approximate surface area is 69.5 Å². The van der Waals surface area contributed by atoms with Crippen LogP contribution >= 0.6 is 7.37 Å². The van der Waals surface area contributed by atoms with Gasteiger partial charge >= 0.3 is 0 Å². The molecule has 0 aliphatic rings. The van der Waals surface area contributed by atoms with Crippen LogP contribution < -0.4 is 4.89 Å². The van der Waals surface area contributed by atoms with Crippen molar-refractivity contribution in [1.29, 1.82) is 0 Å². The molecular weight excluding hydrogens is 159 g/mol. The van der Waals surface area contributed by atoms with E-state index in [2.05, 4.69) is 0 Å². The maximum atomic E-state index is 11.2. The zero-order chi connectivity index (χ0) is 8.74. The summed E-state index contributed by atoms with van der Waals surface area (Å²) >= 11 is 0. The van der Waals surface area contributed by atoms with E-state index in [-0.39, 0.29) is 0 Å². The molecule has 11 heavy (non-hydrogen) atoms. The van der Waals surface area contributed by atoms with E-state index in [9.17, 15) is 9.46 Å². The largest absolute Gasteiger partial charge is 0.799 e. The normalized spacial score (nSPS) is 11.9. The minimum Gasteiger partial charge on any atom is -0.799 e. The lowest BCUT2D eigenvalue weighted by atomic mass is 10.4. The average molecular weight is 177 g/mol. The highest BCUT2D eigenvalue weighted by Gasteiger charge is 2.04. The van der Waals surface area contributed by atoms with Crippen molar-refractivity contribution in [1.82, 2.24) is 0 Å². The van der Waals surface area contributed by atoms with Gasteiger partial charge in [-0.15, -0.1) is 0 Å². The number of unbranched alkanes of at least 4 members (excludes halogenated alkanes) is 2. The molecule has 0 bridgehead atoms. The Hall–Kier alpha value is 0.190.